The third-order valence-corrected chi connectivity index (χ3v) is 4.26. The molecule has 0 radical (unpaired) electrons. The average Bonchev–Trinajstić information content (AvgIpc) is 3.23. The second-order valence-electron chi connectivity index (χ2n) is 6.01. The van der Waals surface area contributed by atoms with Crippen LogP contribution >= 0.6 is 0 Å². The van der Waals surface area contributed by atoms with Crippen LogP contribution in [0.2, 0.25) is 0 Å². The predicted molar refractivity (Wildman–Crippen MR) is 93.1 cm³/mol. The van der Waals surface area contributed by atoms with Crippen LogP contribution in [-0.2, 0) is 5.60 Å². The van der Waals surface area contributed by atoms with Crippen LogP contribution in [0, 0.1) is 6.92 Å². The first-order valence-corrected chi connectivity index (χ1v) is 7.78. The summed E-state index contributed by atoms with van der Waals surface area (Å²) in [5, 5.41) is 16.5. The molecule has 0 aliphatic carbocycles. The van der Waals surface area contributed by atoms with Gasteiger partial charge >= 0.3 is 0 Å². The molecule has 0 aliphatic heterocycles. The minimum Gasteiger partial charge on any atom is -0.377 e. The van der Waals surface area contributed by atoms with Gasteiger partial charge in [0, 0.05) is 30.0 Å². The molecule has 4 rings (SSSR count). The lowest BCUT2D eigenvalue weighted by molar-refractivity contribution is 0.0933. The van der Waals surface area contributed by atoms with Gasteiger partial charge in [-0.05, 0) is 25.5 Å². The van der Waals surface area contributed by atoms with E-state index in [1.54, 1.807) is 36.3 Å². The summed E-state index contributed by atoms with van der Waals surface area (Å²) in [5.74, 6) is 1.22. The van der Waals surface area contributed by atoms with Crippen molar-refractivity contribution in [2.45, 2.75) is 19.4 Å². The van der Waals surface area contributed by atoms with Crippen molar-refractivity contribution in [1.29, 1.82) is 0 Å². The first-order valence-electron chi connectivity index (χ1n) is 7.78. The molecule has 8 nitrogen and oxygen atoms in total. The summed E-state index contributed by atoms with van der Waals surface area (Å²) >= 11 is 0. The first kappa shape index (κ1) is 15.3. The Morgan fingerprint density at radius 2 is 2.04 bits per heavy atom. The lowest BCUT2D eigenvalue weighted by Gasteiger charge is -2.21. The highest BCUT2D eigenvalue weighted by atomic mass is 16.3. The van der Waals surface area contributed by atoms with E-state index in [0.29, 0.717) is 17.2 Å². The number of hydrogen-bond donors (Lipinski definition) is 3. The number of imidazole rings is 1. The summed E-state index contributed by atoms with van der Waals surface area (Å²) in [6.45, 7) is 3.62. The molecule has 4 N–H and O–H groups in total. The number of anilines is 1. The normalized spacial score (nSPS) is 13.9. The molecular weight excluding hydrogens is 318 g/mol. The minimum absolute atomic E-state index is 0.178. The topological polar surface area (TPSA) is 119 Å². The van der Waals surface area contributed by atoms with Crippen molar-refractivity contribution in [1.82, 2.24) is 29.7 Å². The van der Waals surface area contributed by atoms with Gasteiger partial charge in [-0.15, -0.1) is 0 Å². The Morgan fingerprint density at radius 3 is 2.76 bits per heavy atom. The van der Waals surface area contributed by atoms with Crippen LogP contribution < -0.4 is 5.73 Å². The van der Waals surface area contributed by atoms with Gasteiger partial charge in [0.25, 0.3) is 0 Å². The van der Waals surface area contributed by atoms with E-state index in [2.05, 4.69) is 25.0 Å². The highest BCUT2D eigenvalue weighted by Crippen LogP contribution is 2.30. The van der Waals surface area contributed by atoms with E-state index in [-0.39, 0.29) is 5.95 Å². The number of aromatic amines is 1. The molecule has 0 amide bonds. The molecule has 1 atom stereocenters. The summed E-state index contributed by atoms with van der Waals surface area (Å²) in [4.78, 5) is 15.3. The van der Waals surface area contributed by atoms with Gasteiger partial charge in [-0.3, -0.25) is 0 Å². The van der Waals surface area contributed by atoms with E-state index < -0.39 is 5.60 Å². The molecule has 3 heterocycles. The number of aryl methyl sites for hydroxylation is 1. The van der Waals surface area contributed by atoms with Crippen LogP contribution in [0.15, 0.2) is 42.9 Å². The molecule has 1 aromatic carbocycles. The van der Waals surface area contributed by atoms with Gasteiger partial charge in [-0.25, -0.2) is 14.6 Å². The van der Waals surface area contributed by atoms with Gasteiger partial charge in [0.2, 0.25) is 5.95 Å². The Morgan fingerprint density at radius 1 is 1.20 bits per heavy atom. The molecular formula is C17H17N7O. The van der Waals surface area contributed by atoms with Crippen LogP contribution in [0.1, 0.15) is 24.0 Å². The summed E-state index contributed by atoms with van der Waals surface area (Å²) in [6, 6.07) is 7.43. The van der Waals surface area contributed by atoms with Crippen molar-refractivity contribution in [2.75, 3.05) is 5.73 Å². The summed E-state index contributed by atoms with van der Waals surface area (Å²) in [7, 11) is 0. The molecule has 25 heavy (non-hydrogen) atoms. The third kappa shape index (κ3) is 2.43. The minimum atomic E-state index is -1.26. The van der Waals surface area contributed by atoms with Crippen LogP contribution in [-0.4, -0.2) is 34.8 Å². The number of benzene rings is 1. The monoisotopic (exact) mass is 335 g/mol. The van der Waals surface area contributed by atoms with Gasteiger partial charge in [0.05, 0.1) is 11.2 Å². The number of nitrogens with zero attached hydrogens (tertiary/aromatic N) is 5. The number of nitrogens with one attached hydrogen (secondary N) is 1. The van der Waals surface area contributed by atoms with Crippen molar-refractivity contribution in [3.05, 3.63) is 59.9 Å². The van der Waals surface area contributed by atoms with E-state index in [1.165, 1.54) is 0 Å². The number of aromatic nitrogens is 6. The standard InChI is InChI=1S/C17H17N7O/c1-10-12-4-3-11(17(2,25)15-19-7-8-20-15)9-13(12)24(23-10)14-5-6-21-16(18)22-14/h3-9,25H,1-2H3,(H,19,20)(H2,18,21,22). The number of nitrogen functional groups attached to an aromatic ring is 1. The Bertz CT molecular complexity index is 1050. The maximum atomic E-state index is 10.9. The number of aliphatic hydroxyl groups is 1. The Balaban J connectivity index is 1.92. The van der Waals surface area contributed by atoms with Gasteiger partial charge in [0.15, 0.2) is 5.82 Å². The van der Waals surface area contributed by atoms with Crippen molar-refractivity contribution >= 4 is 16.9 Å². The number of fused-ring (bicyclic) bond motifs is 1. The molecule has 0 saturated heterocycles. The van der Waals surface area contributed by atoms with Crippen molar-refractivity contribution in [3.63, 3.8) is 0 Å². The fourth-order valence-corrected chi connectivity index (χ4v) is 2.90. The zero-order chi connectivity index (χ0) is 17.6. The van der Waals surface area contributed by atoms with Crippen molar-refractivity contribution in [2.24, 2.45) is 0 Å². The van der Waals surface area contributed by atoms with E-state index in [9.17, 15) is 5.11 Å². The summed E-state index contributed by atoms with van der Waals surface area (Å²) in [5.41, 5.74) is 6.81. The predicted octanol–water partition coefficient (Wildman–Crippen LogP) is 1.69. The SMILES string of the molecule is Cc1nn(-c2ccnc(N)n2)c2cc(C(C)(O)c3ncc[nH]3)ccc12. The lowest BCUT2D eigenvalue weighted by Crippen LogP contribution is -2.24. The molecule has 0 saturated carbocycles. The summed E-state index contributed by atoms with van der Waals surface area (Å²) in [6.07, 6.45) is 4.88. The van der Waals surface area contributed by atoms with Gasteiger partial charge < -0.3 is 15.8 Å². The van der Waals surface area contributed by atoms with E-state index in [0.717, 1.165) is 16.6 Å². The first-order chi connectivity index (χ1) is 12.0. The molecule has 8 heteroatoms. The largest absolute Gasteiger partial charge is 0.377 e. The highest BCUT2D eigenvalue weighted by Gasteiger charge is 2.29. The Hall–Kier alpha value is -3.26. The highest BCUT2D eigenvalue weighted by molar-refractivity contribution is 5.84. The number of hydrogen-bond acceptors (Lipinski definition) is 6. The molecule has 3 aromatic heterocycles. The van der Waals surface area contributed by atoms with Gasteiger partial charge in [-0.1, -0.05) is 12.1 Å². The zero-order valence-corrected chi connectivity index (χ0v) is 13.8. The number of rotatable bonds is 3. The van der Waals surface area contributed by atoms with E-state index >= 15 is 0 Å². The second-order valence-corrected chi connectivity index (χ2v) is 6.01. The number of H-pyrrole nitrogens is 1. The fourth-order valence-electron chi connectivity index (χ4n) is 2.90. The smallest absolute Gasteiger partial charge is 0.221 e. The van der Waals surface area contributed by atoms with Crippen LogP contribution in [0.3, 0.4) is 0 Å². The average molecular weight is 335 g/mol. The fraction of sp³-hybridized carbons (Fsp3) is 0.176. The second kappa shape index (κ2) is 5.38. The van der Waals surface area contributed by atoms with E-state index in [1.807, 2.05) is 25.1 Å². The van der Waals surface area contributed by atoms with E-state index in [4.69, 9.17) is 5.73 Å². The van der Waals surface area contributed by atoms with Crippen molar-refractivity contribution in [3.8, 4) is 5.82 Å². The molecule has 4 aromatic rings. The Kier molecular flexibility index (Phi) is 3.29. The third-order valence-electron chi connectivity index (χ3n) is 4.26. The number of nitrogens with two attached hydrogens (primary N) is 1. The molecule has 126 valence electrons. The molecule has 0 aliphatic rings. The molecule has 0 bridgehead atoms. The maximum Gasteiger partial charge on any atom is 0.221 e. The lowest BCUT2D eigenvalue weighted by atomic mass is 9.94. The zero-order valence-electron chi connectivity index (χ0n) is 13.8. The molecule has 0 spiro atoms. The molecule has 0 fully saturated rings. The summed E-state index contributed by atoms with van der Waals surface area (Å²) < 4.78 is 1.70. The maximum absolute atomic E-state index is 10.9. The van der Waals surface area contributed by atoms with Gasteiger partial charge in [0.1, 0.15) is 11.4 Å². The molecule has 1 unspecified atom stereocenters. The quantitative estimate of drug-likeness (QED) is 0.524. The van der Waals surface area contributed by atoms with Crippen LogP contribution in [0.4, 0.5) is 5.95 Å². The Labute approximate surface area is 143 Å². The van der Waals surface area contributed by atoms with Crippen molar-refractivity contribution < 1.29 is 5.11 Å². The van der Waals surface area contributed by atoms with Crippen LogP contribution in [0.5, 0.6) is 0 Å². The van der Waals surface area contributed by atoms with Gasteiger partial charge in [-0.2, -0.15) is 10.1 Å². The van der Waals surface area contributed by atoms with Crippen LogP contribution in [0.25, 0.3) is 16.7 Å².